The van der Waals surface area contributed by atoms with E-state index in [4.69, 9.17) is 10.6 Å². The third kappa shape index (κ3) is 2.94. The van der Waals surface area contributed by atoms with E-state index >= 15 is 0 Å². The van der Waals surface area contributed by atoms with Crippen LogP contribution in [-0.4, -0.2) is 16.2 Å². The van der Waals surface area contributed by atoms with Crippen molar-refractivity contribution >= 4 is 0 Å². The molecule has 19 heavy (non-hydrogen) atoms. The van der Waals surface area contributed by atoms with Gasteiger partial charge in [-0.25, -0.2) is 4.39 Å². The second-order valence-electron chi connectivity index (χ2n) is 6.36. The summed E-state index contributed by atoms with van der Waals surface area (Å²) in [7, 11) is 0. The third-order valence-corrected chi connectivity index (χ3v) is 3.81. The fourth-order valence-electron chi connectivity index (χ4n) is 3.17. The summed E-state index contributed by atoms with van der Waals surface area (Å²) < 4.78 is 19.4. The van der Waals surface area contributed by atoms with Crippen molar-refractivity contribution in [2.75, 3.05) is 0 Å². The SMILES string of the molecule is CC1(C)CC(C(NN)c2cncc(F)c2)C(C)(C)O1. The monoisotopic (exact) mass is 267 g/mol. The highest BCUT2D eigenvalue weighted by Gasteiger charge is 2.49. The molecule has 4 nitrogen and oxygen atoms in total. The van der Waals surface area contributed by atoms with Crippen molar-refractivity contribution in [1.82, 2.24) is 10.4 Å². The number of nitrogens with zero attached hydrogens (tertiary/aromatic N) is 1. The minimum Gasteiger partial charge on any atom is -0.369 e. The molecular weight excluding hydrogens is 245 g/mol. The molecule has 0 bridgehead atoms. The Labute approximate surface area is 113 Å². The van der Waals surface area contributed by atoms with Crippen LogP contribution in [0, 0.1) is 11.7 Å². The highest BCUT2D eigenvalue weighted by molar-refractivity contribution is 5.18. The number of hydrogen-bond acceptors (Lipinski definition) is 4. The van der Waals surface area contributed by atoms with E-state index in [1.54, 1.807) is 6.20 Å². The van der Waals surface area contributed by atoms with Gasteiger partial charge in [0.1, 0.15) is 5.82 Å². The largest absolute Gasteiger partial charge is 0.369 e. The van der Waals surface area contributed by atoms with Gasteiger partial charge in [-0.2, -0.15) is 0 Å². The molecule has 1 aromatic rings. The number of hydrazine groups is 1. The lowest BCUT2D eigenvalue weighted by Crippen LogP contribution is -2.41. The molecule has 0 spiro atoms. The molecule has 106 valence electrons. The molecule has 1 aromatic heterocycles. The van der Waals surface area contributed by atoms with Gasteiger partial charge in [0.25, 0.3) is 0 Å². The Bertz CT molecular complexity index is 462. The minimum atomic E-state index is -0.353. The molecule has 5 heteroatoms. The topological polar surface area (TPSA) is 60.2 Å². The number of rotatable bonds is 3. The van der Waals surface area contributed by atoms with Crippen molar-refractivity contribution in [3.05, 3.63) is 29.8 Å². The van der Waals surface area contributed by atoms with Crippen LogP contribution >= 0.6 is 0 Å². The lowest BCUT2D eigenvalue weighted by molar-refractivity contribution is -0.0779. The molecule has 0 radical (unpaired) electrons. The molecule has 0 aromatic carbocycles. The summed E-state index contributed by atoms with van der Waals surface area (Å²) in [6, 6.07) is 1.29. The Kier molecular flexibility index (Phi) is 3.64. The van der Waals surface area contributed by atoms with Crippen LogP contribution in [0.25, 0.3) is 0 Å². The molecule has 0 amide bonds. The molecular formula is C14H22FN3O. The number of hydrogen-bond donors (Lipinski definition) is 2. The fourth-order valence-corrected chi connectivity index (χ4v) is 3.17. The van der Waals surface area contributed by atoms with E-state index in [2.05, 4.69) is 24.3 Å². The number of nitrogens with two attached hydrogens (primary N) is 1. The van der Waals surface area contributed by atoms with E-state index in [0.29, 0.717) is 0 Å². The summed E-state index contributed by atoms with van der Waals surface area (Å²) in [6.45, 7) is 8.21. The maximum absolute atomic E-state index is 13.3. The second-order valence-corrected chi connectivity index (χ2v) is 6.36. The van der Waals surface area contributed by atoms with Crippen LogP contribution in [0.1, 0.15) is 45.7 Å². The average Bonchev–Trinajstić information content (AvgIpc) is 2.48. The Hall–Kier alpha value is -1.04. The van der Waals surface area contributed by atoms with Gasteiger partial charge in [-0.3, -0.25) is 16.3 Å². The van der Waals surface area contributed by atoms with Crippen molar-refractivity contribution < 1.29 is 9.13 Å². The Morgan fingerprint density at radius 2 is 2.11 bits per heavy atom. The fraction of sp³-hybridized carbons (Fsp3) is 0.643. The minimum absolute atomic E-state index is 0.149. The lowest BCUT2D eigenvalue weighted by atomic mass is 9.79. The quantitative estimate of drug-likeness (QED) is 0.652. The van der Waals surface area contributed by atoms with Gasteiger partial charge in [-0.15, -0.1) is 0 Å². The van der Waals surface area contributed by atoms with Gasteiger partial charge in [-0.1, -0.05) is 0 Å². The molecule has 2 atom stereocenters. The number of aromatic nitrogens is 1. The molecule has 1 fully saturated rings. The van der Waals surface area contributed by atoms with Gasteiger partial charge in [0.15, 0.2) is 0 Å². The van der Waals surface area contributed by atoms with Gasteiger partial charge < -0.3 is 4.74 Å². The van der Waals surface area contributed by atoms with E-state index < -0.39 is 0 Å². The number of ether oxygens (including phenoxy) is 1. The van der Waals surface area contributed by atoms with Crippen LogP contribution in [-0.2, 0) is 4.74 Å². The van der Waals surface area contributed by atoms with Crippen molar-refractivity contribution in [2.24, 2.45) is 11.8 Å². The van der Waals surface area contributed by atoms with Crippen molar-refractivity contribution in [3.8, 4) is 0 Å². The molecule has 1 saturated heterocycles. The summed E-state index contributed by atoms with van der Waals surface area (Å²) in [4.78, 5) is 3.90. The highest BCUT2D eigenvalue weighted by Crippen LogP contribution is 2.47. The smallest absolute Gasteiger partial charge is 0.141 e. The molecule has 3 N–H and O–H groups in total. The lowest BCUT2D eigenvalue weighted by Gasteiger charge is -2.32. The first-order chi connectivity index (χ1) is 8.75. The summed E-state index contributed by atoms with van der Waals surface area (Å²) in [6.07, 6.45) is 3.69. The Balaban J connectivity index is 2.32. The van der Waals surface area contributed by atoms with Gasteiger partial charge in [0.2, 0.25) is 0 Å². The number of pyridine rings is 1. The third-order valence-electron chi connectivity index (χ3n) is 3.81. The highest BCUT2D eigenvalue weighted by atomic mass is 19.1. The van der Waals surface area contributed by atoms with Crippen LogP contribution < -0.4 is 11.3 Å². The van der Waals surface area contributed by atoms with Gasteiger partial charge >= 0.3 is 0 Å². The molecule has 2 heterocycles. The maximum atomic E-state index is 13.3. The van der Waals surface area contributed by atoms with Crippen LogP contribution in [0.15, 0.2) is 18.5 Å². The van der Waals surface area contributed by atoms with Crippen LogP contribution in [0.2, 0.25) is 0 Å². The van der Waals surface area contributed by atoms with E-state index in [9.17, 15) is 4.39 Å². The zero-order valence-electron chi connectivity index (χ0n) is 11.9. The van der Waals surface area contributed by atoms with Crippen molar-refractivity contribution in [1.29, 1.82) is 0 Å². The summed E-state index contributed by atoms with van der Waals surface area (Å²) in [5, 5.41) is 0. The van der Waals surface area contributed by atoms with E-state index in [-0.39, 0.29) is 29.0 Å². The first-order valence-electron chi connectivity index (χ1n) is 6.52. The van der Waals surface area contributed by atoms with Gasteiger partial charge in [0, 0.05) is 12.1 Å². The Morgan fingerprint density at radius 1 is 1.42 bits per heavy atom. The van der Waals surface area contributed by atoms with Crippen LogP contribution in [0.5, 0.6) is 0 Å². The normalized spacial score (nSPS) is 26.3. The zero-order chi connectivity index (χ0) is 14.3. The summed E-state index contributed by atoms with van der Waals surface area (Å²) >= 11 is 0. The maximum Gasteiger partial charge on any atom is 0.141 e. The average molecular weight is 267 g/mol. The van der Waals surface area contributed by atoms with E-state index in [1.165, 1.54) is 12.3 Å². The summed E-state index contributed by atoms with van der Waals surface area (Å²) in [5.74, 6) is 5.48. The molecule has 0 aliphatic carbocycles. The number of halogens is 1. The van der Waals surface area contributed by atoms with Gasteiger partial charge in [-0.05, 0) is 45.7 Å². The van der Waals surface area contributed by atoms with Crippen molar-refractivity contribution in [3.63, 3.8) is 0 Å². The first kappa shape index (κ1) is 14.4. The number of nitrogens with one attached hydrogen (secondary N) is 1. The molecule has 2 unspecified atom stereocenters. The van der Waals surface area contributed by atoms with Crippen LogP contribution in [0.3, 0.4) is 0 Å². The standard InChI is InChI=1S/C14H22FN3O/c1-13(2)6-11(14(3,4)19-13)12(18-16)9-5-10(15)8-17-7-9/h5,7-8,11-12,18H,6,16H2,1-4H3. The second kappa shape index (κ2) is 4.81. The predicted molar refractivity (Wildman–Crippen MR) is 71.6 cm³/mol. The van der Waals surface area contributed by atoms with E-state index in [0.717, 1.165) is 12.0 Å². The predicted octanol–water partition coefficient (Wildman–Crippen LogP) is 2.32. The van der Waals surface area contributed by atoms with E-state index in [1.807, 2.05) is 13.8 Å². The Morgan fingerprint density at radius 3 is 2.58 bits per heavy atom. The molecule has 2 rings (SSSR count). The van der Waals surface area contributed by atoms with Crippen LogP contribution in [0.4, 0.5) is 4.39 Å². The summed E-state index contributed by atoms with van der Waals surface area (Å²) in [5.41, 5.74) is 3.02. The van der Waals surface area contributed by atoms with Gasteiger partial charge in [0.05, 0.1) is 23.4 Å². The van der Waals surface area contributed by atoms with Crippen molar-refractivity contribution in [2.45, 2.75) is 51.4 Å². The zero-order valence-corrected chi connectivity index (χ0v) is 11.9. The first-order valence-corrected chi connectivity index (χ1v) is 6.52. The molecule has 0 saturated carbocycles. The molecule has 1 aliphatic rings. The molecule has 1 aliphatic heterocycles.